The fourth-order valence-electron chi connectivity index (χ4n) is 1.67. The van der Waals surface area contributed by atoms with E-state index >= 15 is 0 Å². The van der Waals surface area contributed by atoms with Gasteiger partial charge >= 0.3 is 5.97 Å². The first-order valence-electron chi connectivity index (χ1n) is 5.99. The van der Waals surface area contributed by atoms with Crippen molar-refractivity contribution in [3.8, 4) is 0 Å². The van der Waals surface area contributed by atoms with Gasteiger partial charge in [0.25, 0.3) is 0 Å². The molecule has 0 aliphatic rings. The first kappa shape index (κ1) is 14.4. The van der Waals surface area contributed by atoms with E-state index in [4.69, 9.17) is 5.11 Å². The van der Waals surface area contributed by atoms with Gasteiger partial charge in [-0.05, 0) is 29.8 Å². The third kappa shape index (κ3) is 3.73. The molecule has 0 saturated carbocycles. The lowest BCUT2D eigenvalue weighted by atomic mass is 10.1. The maximum Gasteiger partial charge on any atom is 0.340 e. The molecule has 0 spiro atoms. The number of hydrogen-bond donors (Lipinski definition) is 2. The molecule has 21 heavy (non-hydrogen) atoms. The number of carboxylic acid groups (broad SMARTS) is 1. The molecule has 6 heteroatoms. The average Bonchev–Trinajstić information content (AvgIpc) is 2.46. The van der Waals surface area contributed by atoms with Crippen LogP contribution in [0.2, 0.25) is 0 Å². The van der Waals surface area contributed by atoms with Crippen LogP contribution in [0, 0.1) is 5.82 Å². The lowest BCUT2D eigenvalue weighted by Crippen LogP contribution is -2.13. The van der Waals surface area contributed by atoms with Crippen LogP contribution in [0.25, 0.3) is 6.08 Å². The maximum atomic E-state index is 13.4. The molecule has 0 radical (unpaired) electrons. The van der Waals surface area contributed by atoms with E-state index in [-0.39, 0.29) is 5.69 Å². The second kappa shape index (κ2) is 6.42. The summed E-state index contributed by atoms with van der Waals surface area (Å²) >= 11 is 0. The molecule has 1 aromatic carbocycles. The summed E-state index contributed by atoms with van der Waals surface area (Å²) in [6, 6.07) is 7.13. The molecular weight excluding hydrogens is 275 g/mol. The number of hydrogen-bond acceptors (Lipinski definition) is 3. The summed E-state index contributed by atoms with van der Waals surface area (Å²) in [4.78, 5) is 26.6. The van der Waals surface area contributed by atoms with Gasteiger partial charge in [-0.1, -0.05) is 12.1 Å². The molecule has 2 aromatic rings. The molecule has 1 amide bonds. The van der Waals surface area contributed by atoms with Gasteiger partial charge < -0.3 is 10.4 Å². The minimum absolute atomic E-state index is 0.0941. The van der Waals surface area contributed by atoms with E-state index in [0.29, 0.717) is 5.56 Å². The van der Waals surface area contributed by atoms with Gasteiger partial charge in [-0.3, -0.25) is 9.78 Å². The Balaban J connectivity index is 2.15. The second-order valence-corrected chi connectivity index (χ2v) is 4.08. The number of carbonyl (C=O) groups excluding carboxylic acids is 1. The summed E-state index contributed by atoms with van der Waals surface area (Å²) in [6.07, 6.45) is 5.90. The number of nitrogens with one attached hydrogen (secondary N) is 1. The van der Waals surface area contributed by atoms with Crippen LogP contribution in [-0.4, -0.2) is 22.0 Å². The van der Waals surface area contributed by atoms with Gasteiger partial charge in [0.1, 0.15) is 11.4 Å². The van der Waals surface area contributed by atoms with Crippen LogP contribution in [0.5, 0.6) is 0 Å². The topological polar surface area (TPSA) is 79.3 Å². The summed E-state index contributed by atoms with van der Waals surface area (Å²) in [5.74, 6) is -2.91. The van der Waals surface area contributed by atoms with Gasteiger partial charge in [-0.2, -0.15) is 0 Å². The molecule has 106 valence electrons. The quantitative estimate of drug-likeness (QED) is 0.847. The number of pyridine rings is 1. The minimum atomic E-state index is -1.44. The van der Waals surface area contributed by atoms with Crippen LogP contribution in [0.4, 0.5) is 10.1 Å². The van der Waals surface area contributed by atoms with Gasteiger partial charge in [0, 0.05) is 18.5 Å². The van der Waals surface area contributed by atoms with Crippen LogP contribution in [0.3, 0.4) is 0 Å². The Morgan fingerprint density at radius 3 is 2.71 bits per heavy atom. The van der Waals surface area contributed by atoms with Crippen molar-refractivity contribution in [1.29, 1.82) is 0 Å². The molecule has 0 saturated heterocycles. The third-order valence-electron chi connectivity index (χ3n) is 2.60. The molecular formula is C15H11FN2O3. The summed E-state index contributed by atoms with van der Waals surface area (Å²) in [6.45, 7) is 0. The number of rotatable bonds is 4. The Bertz CT molecular complexity index is 699. The molecule has 0 atom stereocenters. The number of amides is 1. The number of carboxylic acids is 1. The smallest absolute Gasteiger partial charge is 0.340 e. The highest BCUT2D eigenvalue weighted by Gasteiger charge is 2.16. The van der Waals surface area contributed by atoms with Gasteiger partial charge in [0.05, 0.1) is 5.69 Å². The Morgan fingerprint density at radius 1 is 1.24 bits per heavy atom. The average molecular weight is 286 g/mol. The zero-order valence-electron chi connectivity index (χ0n) is 10.8. The predicted octanol–water partition coefficient (Wildman–Crippen LogP) is 2.57. The number of anilines is 1. The van der Waals surface area contributed by atoms with E-state index in [9.17, 15) is 14.0 Å². The van der Waals surface area contributed by atoms with Crippen molar-refractivity contribution >= 4 is 23.6 Å². The van der Waals surface area contributed by atoms with E-state index in [2.05, 4.69) is 10.3 Å². The fraction of sp³-hybridized carbons (Fsp3) is 0. The predicted molar refractivity (Wildman–Crippen MR) is 75.3 cm³/mol. The molecule has 1 aromatic heterocycles. The Hall–Kier alpha value is -3.02. The van der Waals surface area contributed by atoms with Crippen molar-refractivity contribution in [2.45, 2.75) is 0 Å². The third-order valence-corrected chi connectivity index (χ3v) is 2.60. The molecule has 5 nitrogen and oxygen atoms in total. The molecule has 2 N–H and O–H groups in total. The molecule has 0 unspecified atom stereocenters. The molecule has 0 aliphatic carbocycles. The van der Waals surface area contributed by atoms with E-state index in [1.807, 2.05) is 0 Å². The lowest BCUT2D eigenvalue weighted by Gasteiger charge is -2.07. The number of nitrogens with zero attached hydrogens (tertiary/aromatic N) is 1. The Morgan fingerprint density at radius 2 is 2.05 bits per heavy atom. The van der Waals surface area contributed by atoms with E-state index in [1.165, 1.54) is 24.3 Å². The summed E-state index contributed by atoms with van der Waals surface area (Å²) < 4.78 is 13.4. The zero-order chi connectivity index (χ0) is 15.2. The first-order valence-corrected chi connectivity index (χ1v) is 5.99. The number of halogens is 1. The maximum absolute atomic E-state index is 13.4. The standard InChI is InChI=1S/C15H11FN2O3/c16-11-4-1-5-12(14(11)15(20)21)18-13(19)7-6-10-3-2-8-17-9-10/h1-9H,(H,18,19)(H,20,21)/b7-6+. The molecule has 0 fully saturated rings. The van der Waals surface area contributed by atoms with Crippen molar-refractivity contribution in [2.75, 3.05) is 5.32 Å². The van der Waals surface area contributed by atoms with Crippen LogP contribution in [0.1, 0.15) is 15.9 Å². The zero-order valence-corrected chi connectivity index (χ0v) is 10.8. The van der Waals surface area contributed by atoms with E-state index in [1.54, 1.807) is 24.5 Å². The van der Waals surface area contributed by atoms with Crippen molar-refractivity contribution in [2.24, 2.45) is 0 Å². The highest BCUT2D eigenvalue weighted by atomic mass is 19.1. The minimum Gasteiger partial charge on any atom is -0.478 e. The van der Waals surface area contributed by atoms with Crippen molar-refractivity contribution in [3.63, 3.8) is 0 Å². The van der Waals surface area contributed by atoms with Crippen molar-refractivity contribution in [3.05, 3.63) is 65.7 Å². The number of benzene rings is 1. The summed E-state index contributed by atoms with van der Waals surface area (Å²) in [7, 11) is 0. The van der Waals surface area contributed by atoms with E-state index < -0.39 is 23.3 Å². The number of carbonyl (C=O) groups is 2. The van der Waals surface area contributed by atoms with Gasteiger partial charge in [-0.15, -0.1) is 0 Å². The first-order chi connectivity index (χ1) is 10.1. The fourth-order valence-corrected chi connectivity index (χ4v) is 1.67. The highest BCUT2D eigenvalue weighted by Crippen LogP contribution is 2.19. The number of aromatic nitrogens is 1. The van der Waals surface area contributed by atoms with E-state index in [0.717, 1.165) is 6.07 Å². The monoisotopic (exact) mass is 286 g/mol. The molecule has 2 rings (SSSR count). The SMILES string of the molecule is O=C(/C=C/c1cccnc1)Nc1cccc(F)c1C(=O)O. The highest BCUT2D eigenvalue weighted by molar-refractivity contribution is 6.06. The van der Waals surface area contributed by atoms with Crippen LogP contribution in [0.15, 0.2) is 48.8 Å². The largest absolute Gasteiger partial charge is 0.478 e. The normalized spacial score (nSPS) is 10.5. The van der Waals surface area contributed by atoms with Crippen LogP contribution >= 0.6 is 0 Å². The van der Waals surface area contributed by atoms with Crippen LogP contribution in [-0.2, 0) is 4.79 Å². The van der Waals surface area contributed by atoms with Crippen molar-refractivity contribution in [1.82, 2.24) is 4.98 Å². The van der Waals surface area contributed by atoms with Crippen LogP contribution < -0.4 is 5.32 Å². The number of aromatic carboxylic acids is 1. The Labute approximate surface area is 119 Å². The molecule has 0 bridgehead atoms. The molecule has 1 heterocycles. The summed E-state index contributed by atoms with van der Waals surface area (Å²) in [5, 5.41) is 11.3. The Kier molecular flexibility index (Phi) is 4.40. The van der Waals surface area contributed by atoms with Crippen molar-refractivity contribution < 1.29 is 19.1 Å². The van der Waals surface area contributed by atoms with Gasteiger partial charge in [-0.25, -0.2) is 9.18 Å². The summed E-state index contributed by atoms with van der Waals surface area (Å²) in [5.41, 5.74) is 0.0503. The lowest BCUT2D eigenvalue weighted by molar-refractivity contribution is -0.111. The van der Waals surface area contributed by atoms with Gasteiger partial charge in [0.2, 0.25) is 5.91 Å². The second-order valence-electron chi connectivity index (χ2n) is 4.08. The van der Waals surface area contributed by atoms with Gasteiger partial charge in [0.15, 0.2) is 0 Å². The molecule has 0 aliphatic heterocycles.